The summed E-state index contributed by atoms with van der Waals surface area (Å²) >= 11 is 0. The number of hydrogen-bond acceptors (Lipinski definition) is 1. The highest BCUT2D eigenvalue weighted by Gasteiger charge is 2.62. The summed E-state index contributed by atoms with van der Waals surface area (Å²) in [4.78, 5) is 0. The topological polar surface area (TPSA) is 20.2 Å². The molecule has 1 heteroatoms. The Labute approximate surface area is 136 Å². The molecule has 0 heterocycles. The van der Waals surface area contributed by atoms with Gasteiger partial charge in [0, 0.05) is 0 Å². The SMILES string of the molecule is C=C1CC[C@@H]2CC[C@@H]3[C@H]4CC[C@](C)(O)[C@@]4(C)CC[C@@H]3[C@@]2(C)C1. The monoisotopic (exact) mass is 302 g/mol. The summed E-state index contributed by atoms with van der Waals surface area (Å²) in [6.07, 6.45) is 11.6. The lowest BCUT2D eigenvalue weighted by Gasteiger charge is -2.61. The Hall–Kier alpha value is -0.300. The second-order valence-electron chi connectivity index (χ2n) is 9.89. The zero-order valence-corrected chi connectivity index (χ0v) is 14.8. The van der Waals surface area contributed by atoms with E-state index in [1.54, 1.807) is 0 Å². The van der Waals surface area contributed by atoms with Crippen LogP contribution in [0.2, 0.25) is 0 Å². The van der Waals surface area contributed by atoms with Crippen molar-refractivity contribution in [3.05, 3.63) is 12.2 Å². The fourth-order valence-electron chi connectivity index (χ4n) is 7.53. The highest BCUT2D eigenvalue weighted by molar-refractivity contribution is 5.16. The Bertz CT molecular complexity index is 492. The summed E-state index contributed by atoms with van der Waals surface area (Å²) in [5.41, 5.74) is 1.75. The maximum atomic E-state index is 11.0. The fourth-order valence-corrected chi connectivity index (χ4v) is 7.53. The third kappa shape index (κ3) is 1.81. The molecular weight excluding hydrogens is 268 g/mol. The average molecular weight is 303 g/mol. The van der Waals surface area contributed by atoms with Crippen LogP contribution in [0, 0.1) is 34.5 Å². The van der Waals surface area contributed by atoms with E-state index in [-0.39, 0.29) is 5.41 Å². The van der Waals surface area contributed by atoms with E-state index in [0.29, 0.717) is 5.41 Å². The molecule has 0 aromatic carbocycles. The molecule has 1 N–H and O–H groups in total. The lowest BCUT2D eigenvalue weighted by atomic mass is 9.44. The van der Waals surface area contributed by atoms with Gasteiger partial charge >= 0.3 is 0 Å². The molecule has 0 amide bonds. The third-order valence-corrected chi connectivity index (χ3v) is 9.10. The van der Waals surface area contributed by atoms with E-state index >= 15 is 0 Å². The van der Waals surface area contributed by atoms with Gasteiger partial charge in [-0.3, -0.25) is 0 Å². The zero-order valence-electron chi connectivity index (χ0n) is 14.8. The predicted molar refractivity (Wildman–Crippen MR) is 91.5 cm³/mol. The van der Waals surface area contributed by atoms with Crippen LogP contribution < -0.4 is 0 Å². The van der Waals surface area contributed by atoms with Crippen LogP contribution in [0.15, 0.2) is 12.2 Å². The van der Waals surface area contributed by atoms with E-state index < -0.39 is 5.60 Å². The van der Waals surface area contributed by atoms with Crippen molar-refractivity contribution >= 4 is 0 Å². The molecular formula is C21H34O. The molecule has 124 valence electrons. The Morgan fingerprint density at radius 2 is 1.68 bits per heavy atom. The van der Waals surface area contributed by atoms with Crippen molar-refractivity contribution in [3.8, 4) is 0 Å². The molecule has 0 unspecified atom stereocenters. The van der Waals surface area contributed by atoms with Gasteiger partial charge in [-0.25, -0.2) is 0 Å². The molecule has 0 saturated heterocycles. The van der Waals surface area contributed by atoms with Crippen LogP contribution in [0.3, 0.4) is 0 Å². The molecule has 4 aliphatic carbocycles. The van der Waals surface area contributed by atoms with Gasteiger partial charge in [0.1, 0.15) is 0 Å². The van der Waals surface area contributed by atoms with Crippen molar-refractivity contribution in [2.45, 2.75) is 84.2 Å². The highest BCUT2D eigenvalue weighted by Crippen LogP contribution is 2.68. The van der Waals surface area contributed by atoms with Gasteiger partial charge in [-0.1, -0.05) is 26.0 Å². The van der Waals surface area contributed by atoms with Gasteiger partial charge in [0.15, 0.2) is 0 Å². The number of hydrogen-bond donors (Lipinski definition) is 1. The quantitative estimate of drug-likeness (QED) is 0.599. The van der Waals surface area contributed by atoms with Gasteiger partial charge < -0.3 is 5.11 Å². The van der Waals surface area contributed by atoms with Crippen molar-refractivity contribution in [3.63, 3.8) is 0 Å². The van der Waals surface area contributed by atoms with Gasteiger partial charge in [0.05, 0.1) is 5.60 Å². The van der Waals surface area contributed by atoms with Crippen LogP contribution in [0.25, 0.3) is 0 Å². The lowest BCUT2D eigenvalue weighted by Crippen LogP contribution is -2.55. The minimum Gasteiger partial charge on any atom is -0.390 e. The molecule has 0 spiro atoms. The smallest absolute Gasteiger partial charge is 0.0675 e. The fraction of sp³-hybridized carbons (Fsp3) is 0.905. The predicted octanol–water partition coefficient (Wildman–Crippen LogP) is 5.34. The first kappa shape index (κ1) is 15.2. The van der Waals surface area contributed by atoms with Crippen LogP contribution in [-0.4, -0.2) is 10.7 Å². The normalized spacial score (nSPS) is 57.9. The Balaban J connectivity index is 1.67. The molecule has 4 rings (SSSR count). The van der Waals surface area contributed by atoms with Crippen molar-refractivity contribution in [2.75, 3.05) is 0 Å². The van der Waals surface area contributed by atoms with E-state index in [4.69, 9.17) is 0 Å². The van der Waals surface area contributed by atoms with Crippen LogP contribution in [0.5, 0.6) is 0 Å². The maximum absolute atomic E-state index is 11.0. The summed E-state index contributed by atoms with van der Waals surface area (Å²) in [7, 11) is 0. The van der Waals surface area contributed by atoms with E-state index in [9.17, 15) is 5.11 Å². The Morgan fingerprint density at radius 1 is 0.955 bits per heavy atom. The number of rotatable bonds is 0. The van der Waals surface area contributed by atoms with E-state index in [0.717, 1.165) is 30.1 Å². The molecule has 1 nitrogen and oxygen atoms in total. The lowest BCUT2D eigenvalue weighted by molar-refractivity contribution is -0.141. The largest absolute Gasteiger partial charge is 0.390 e. The number of fused-ring (bicyclic) bond motifs is 5. The molecule has 0 bridgehead atoms. The first-order valence-electron chi connectivity index (χ1n) is 9.67. The van der Waals surface area contributed by atoms with Gasteiger partial charge in [-0.15, -0.1) is 0 Å². The first-order chi connectivity index (χ1) is 10.3. The highest BCUT2D eigenvalue weighted by atomic mass is 16.3. The summed E-state index contributed by atoms with van der Waals surface area (Å²) in [5, 5.41) is 11.0. The molecule has 0 aromatic rings. The molecule has 22 heavy (non-hydrogen) atoms. The van der Waals surface area contributed by atoms with Crippen molar-refractivity contribution in [2.24, 2.45) is 34.5 Å². The van der Waals surface area contributed by atoms with Crippen molar-refractivity contribution in [1.29, 1.82) is 0 Å². The van der Waals surface area contributed by atoms with Crippen molar-refractivity contribution < 1.29 is 5.11 Å². The van der Waals surface area contributed by atoms with Gasteiger partial charge in [-0.2, -0.15) is 0 Å². The third-order valence-electron chi connectivity index (χ3n) is 9.10. The molecule has 4 saturated carbocycles. The van der Waals surface area contributed by atoms with Gasteiger partial charge in [-0.05, 0) is 99.2 Å². The summed E-state index contributed by atoms with van der Waals surface area (Å²) in [6, 6.07) is 0. The zero-order chi connectivity index (χ0) is 15.8. The molecule has 0 aromatic heterocycles. The van der Waals surface area contributed by atoms with Crippen LogP contribution >= 0.6 is 0 Å². The second-order valence-corrected chi connectivity index (χ2v) is 9.89. The minimum atomic E-state index is -0.434. The summed E-state index contributed by atoms with van der Waals surface area (Å²) in [5.74, 6) is 3.44. The second kappa shape index (κ2) is 4.62. The average Bonchev–Trinajstić information content (AvgIpc) is 2.68. The standard InChI is InChI=1S/C21H34O/c1-14-5-6-15-7-8-16-17(19(15,2)13-14)9-11-20(3)18(16)10-12-21(20,4)22/h15-18,22H,1,5-13H2,2-4H3/t15-,16+,17+,18-,19+,20+,21+/m1/s1. The van der Waals surface area contributed by atoms with Gasteiger partial charge in [0.2, 0.25) is 0 Å². The molecule has 7 atom stereocenters. The Morgan fingerprint density at radius 3 is 2.45 bits per heavy atom. The van der Waals surface area contributed by atoms with E-state index in [1.165, 1.54) is 56.9 Å². The van der Waals surface area contributed by atoms with E-state index in [1.807, 2.05) is 0 Å². The Kier molecular flexibility index (Phi) is 3.20. The maximum Gasteiger partial charge on any atom is 0.0675 e. The number of aliphatic hydroxyl groups is 1. The first-order valence-corrected chi connectivity index (χ1v) is 9.67. The van der Waals surface area contributed by atoms with E-state index in [2.05, 4.69) is 27.4 Å². The minimum absolute atomic E-state index is 0.170. The number of allylic oxidation sites excluding steroid dienone is 1. The molecule has 4 aliphatic rings. The summed E-state index contributed by atoms with van der Waals surface area (Å²) in [6.45, 7) is 11.5. The molecule has 0 radical (unpaired) electrons. The van der Waals surface area contributed by atoms with Crippen molar-refractivity contribution in [1.82, 2.24) is 0 Å². The van der Waals surface area contributed by atoms with Crippen LogP contribution in [0.1, 0.15) is 78.6 Å². The molecule has 4 fully saturated rings. The van der Waals surface area contributed by atoms with Gasteiger partial charge in [0.25, 0.3) is 0 Å². The summed E-state index contributed by atoms with van der Waals surface area (Å²) < 4.78 is 0. The van der Waals surface area contributed by atoms with Crippen LogP contribution in [0.4, 0.5) is 0 Å². The molecule has 0 aliphatic heterocycles. The van der Waals surface area contributed by atoms with Crippen LogP contribution in [-0.2, 0) is 0 Å².